The highest BCUT2D eigenvalue weighted by molar-refractivity contribution is 5.75. The van der Waals surface area contributed by atoms with Crippen LogP contribution in [0, 0.1) is 0 Å². The third-order valence-corrected chi connectivity index (χ3v) is 2.90. The molecule has 2 heterocycles. The lowest BCUT2D eigenvalue weighted by Crippen LogP contribution is -2.35. The fourth-order valence-corrected chi connectivity index (χ4v) is 2.02. The molecule has 0 aliphatic heterocycles. The first-order valence-corrected chi connectivity index (χ1v) is 6.55. The van der Waals surface area contributed by atoms with Crippen LogP contribution in [0.3, 0.4) is 0 Å². The van der Waals surface area contributed by atoms with E-state index in [1.807, 2.05) is 25.1 Å². The predicted octanol–water partition coefficient (Wildman–Crippen LogP) is 1.27. The number of aliphatic hydroxyl groups is 1. The highest BCUT2D eigenvalue weighted by atomic mass is 16.3. The van der Waals surface area contributed by atoms with Crippen LogP contribution >= 0.6 is 0 Å². The first-order chi connectivity index (χ1) is 9.13. The largest absolute Gasteiger partial charge is 0.392 e. The highest BCUT2D eigenvalue weighted by Crippen LogP contribution is 2.10. The molecular formula is C14H19N3O2. The lowest BCUT2D eigenvalue weighted by Gasteiger charge is -2.14. The van der Waals surface area contributed by atoms with Crippen molar-refractivity contribution in [1.82, 2.24) is 9.66 Å². The first kappa shape index (κ1) is 13.5. The smallest absolute Gasteiger partial charge is 0.274 e. The molecule has 19 heavy (non-hydrogen) atoms. The van der Waals surface area contributed by atoms with E-state index in [4.69, 9.17) is 0 Å². The van der Waals surface area contributed by atoms with E-state index in [0.29, 0.717) is 12.2 Å². The summed E-state index contributed by atoms with van der Waals surface area (Å²) in [6.45, 7) is 4.02. The molecule has 0 spiro atoms. The molecule has 2 aromatic rings. The molecule has 0 aliphatic carbocycles. The van der Waals surface area contributed by atoms with Gasteiger partial charge in [-0.15, -0.1) is 0 Å². The molecule has 2 rings (SSSR count). The van der Waals surface area contributed by atoms with Gasteiger partial charge in [0, 0.05) is 17.1 Å². The lowest BCUT2D eigenvalue weighted by atomic mass is 10.1. The zero-order valence-corrected chi connectivity index (χ0v) is 11.3. The Morgan fingerprint density at radius 3 is 3.00 bits per heavy atom. The molecule has 0 amide bonds. The Labute approximate surface area is 111 Å². The van der Waals surface area contributed by atoms with Crippen molar-refractivity contribution in [2.45, 2.75) is 32.8 Å². The Balaban J connectivity index is 2.56. The molecule has 1 unspecified atom stereocenters. The van der Waals surface area contributed by atoms with Gasteiger partial charge in [0.05, 0.1) is 12.6 Å². The van der Waals surface area contributed by atoms with Crippen LogP contribution in [0.5, 0.6) is 0 Å². The number of hydrogen-bond acceptors (Lipinski definition) is 4. The summed E-state index contributed by atoms with van der Waals surface area (Å²) < 4.78 is 1.44. The summed E-state index contributed by atoms with van der Waals surface area (Å²) in [4.78, 5) is 16.6. The summed E-state index contributed by atoms with van der Waals surface area (Å²) in [7, 11) is 0. The molecular weight excluding hydrogens is 242 g/mol. The lowest BCUT2D eigenvalue weighted by molar-refractivity contribution is 0.204. The summed E-state index contributed by atoms with van der Waals surface area (Å²) in [5.74, 6) is 0. The average Bonchev–Trinajstić information content (AvgIpc) is 2.39. The second-order valence-electron chi connectivity index (χ2n) is 4.69. The number of nitrogens with one attached hydrogen (secondary N) is 1. The van der Waals surface area contributed by atoms with Crippen LogP contribution < -0.4 is 11.0 Å². The van der Waals surface area contributed by atoms with Gasteiger partial charge in [0.15, 0.2) is 5.65 Å². The van der Waals surface area contributed by atoms with Crippen molar-refractivity contribution in [2.75, 3.05) is 12.0 Å². The van der Waals surface area contributed by atoms with Crippen molar-refractivity contribution in [1.29, 1.82) is 0 Å². The Bertz CT molecular complexity index is 620. The maximum absolute atomic E-state index is 12.4. The second-order valence-corrected chi connectivity index (χ2v) is 4.69. The number of nitrogens with zero attached hydrogens (tertiary/aromatic N) is 2. The van der Waals surface area contributed by atoms with Crippen LogP contribution in [0.1, 0.15) is 25.8 Å². The number of rotatable bonds is 5. The van der Waals surface area contributed by atoms with Crippen LogP contribution in [0.2, 0.25) is 0 Å². The Kier molecular flexibility index (Phi) is 4.16. The fraction of sp³-hybridized carbons (Fsp3) is 0.429. The standard InChI is InChI=1S/C14H19N3O2/c1-3-5-12-8-11-6-4-7-15-13(11)17(14(12)19)16-9-10(2)18/h4,6-8,10,16,18H,3,5,9H2,1-2H3. The molecule has 0 aliphatic rings. The van der Waals surface area contributed by atoms with Gasteiger partial charge in [0.1, 0.15) is 0 Å². The van der Waals surface area contributed by atoms with E-state index >= 15 is 0 Å². The van der Waals surface area contributed by atoms with Gasteiger partial charge in [0.2, 0.25) is 0 Å². The minimum absolute atomic E-state index is 0.0892. The molecule has 0 radical (unpaired) electrons. The van der Waals surface area contributed by atoms with Crippen molar-refractivity contribution in [3.05, 3.63) is 40.3 Å². The maximum Gasteiger partial charge on any atom is 0.274 e. The predicted molar refractivity (Wildman–Crippen MR) is 75.9 cm³/mol. The molecule has 2 N–H and O–H groups in total. The summed E-state index contributed by atoms with van der Waals surface area (Å²) in [6.07, 6.45) is 2.78. The molecule has 5 heteroatoms. The zero-order valence-electron chi connectivity index (χ0n) is 11.3. The van der Waals surface area contributed by atoms with E-state index in [1.165, 1.54) is 4.68 Å². The number of fused-ring (bicyclic) bond motifs is 1. The molecule has 0 saturated carbocycles. The highest BCUT2D eigenvalue weighted by Gasteiger charge is 2.09. The Morgan fingerprint density at radius 1 is 1.53 bits per heavy atom. The van der Waals surface area contributed by atoms with E-state index < -0.39 is 6.10 Å². The Hall–Kier alpha value is -1.88. The van der Waals surface area contributed by atoms with Gasteiger partial charge in [-0.05, 0) is 31.5 Å². The second kappa shape index (κ2) is 5.84. The quantitative estimate of drug-likeness (QED) is 0.850. The zero-order chi connectivity index (χ0) is 13.8. The number of aromatic nitrogens is 2. The molecule has 0 bridgehead atoms. The third kappa shape index (κ3) is 2.93. The molecule has 102 valence electrons. The average molecular weight is 261 g/mol. The monoisotopic (exact) mass is 261 g/mol. The maximum atomic E-state index is 12.4. The van der Waals surface area contributed by atoms with E-state index in [-0.39, 0.29) is 5.56 Å². The third-order valence-electron chi connectivity index (χ3n) is 2.90. The number of aryl methyl sites for hydroxylation is 1. The number of hydrogen-bond donors (Lipinski definition) is 2. The molecule has 0 fully saturated rings. The van der Waals surface area contributed by atoms with Crippen LogP contribution in [0.25, 0.3) is 11.0 Å². The van der Waals surface area contributed by atoms with Crippen molar-refractivity contribution in [2.24, 2.45) is 0 Å². The van der Waals surface area contributed by atoms with Crippen molar-refractivity contribution >= 4 is 11.0 Å². The van der Waals surface area contributed by atoms with Crippen LogP contribution in [0.4, 0.5) is 0 Å². The van der Waals surface area contributed by atoms with Crippen molar-refractivity contribution in [3.8, 4) is 0 Å². The SMILES string of the molecule is CCCc1cc2cccnc2n(NCC(C)O)c1=O. The van der Waals surface area contributed by atoms with Crippen molar-refractivity contribution in [3.63, 3.8) is 0 Å². The number of aliphatic hydroxyl groups excluding tert-OH is 1. The summed E-state index contributed by atoms with van der Waals surface area (Å²) in [5.41, 5.74) is 4.21. The van der Waals surface area contributed by atoms with Crippen LogP contribution in [0.15, 0.2) is 29.2 Å². The van der Waals surface area contributed by atoms with Gasteiger partial charge in [-0.1, -0.05) is 13.3 Å². The normalized spacial score (nSPS) is 12.6. The minimum atomic E-state index is -0.527. The summed E-state index contributed by atoms with van der Waals surface area (Å²) in [6, 6.07) is 5.68. The van der Waals surface area contributed by atoms with Crippen LogP contribution in [-0.2, 0) is 6.42 Å². The van der Waals surface area contributed by atoms with E-state index in [0.717, 1.165) is 23.8 Å². The minimum Gasteiger partial charge on any atom is -0.392 e. The van der Waals surface area contributed by atoms with Gasteiger partial charge in [-0.2, -0.15) is 0 Å². The van der Waals surface area contributed by atoms with E-state index in [2.05, 4.69) is 10.4 Å². The van der Waals surface area contributed by atoms with E-state index in [1.54, 1.807) is 13.1 Å². The molecule has 0 aromatic carbocycles. The topological polar surface area (TPSA) is 67.2 Å². The molecule has 2 aromatic heterocycles. The Morgan fingerprint density at radius 2 is 2.32 bits per heavy atom. The first-order valence-electron chi connectivity index (χ1n) is 6.55. The molecule has 5 nitrogen and oxygen atoms in total. The summed E-state index contributed by atoms with van der Waals surface area (Å²) >= 11 is 0. The molecule has 1 atom stereocenters. The van der Waals surface area contributed by atoms with Crippen molar-refractivity contribution < 1.29 is 5.11 Å². The van der Waals surface area contributed by atoms with Crippen LogP contribution in [-0.4, -0.2) is 27.4 Å². The fourth-order valence-electron chi connectivity index (χ4n) is 2.02. The van der Waals surface area contributed by atoms with Gasteiger partial charge < -0.3 is 10.5 Å². The van der Waals surface area contributed by atoms with Gasteiger partial charge in [-0.25, -0.2) is 9.66 Å². The van der Waals surface area contributed by atoms with E-state index in [9.17, 15) is 9.90 Å². The van der Waals surface area contributed by atoms with Gasteiger partial charge in [-0.3, -0.25) is 4.79 Å². The molecule has 0 saturated heterocycles. The number of pyridine rings is 2. The van der Waals surface area contributed by atoms with Gasteiger partial charge >= 0.3 is 0 Å². The summed E-state index contributed by atoms with van der Waals surface area (Å²) in [5, 5.41) is 10.3. The van der Waals surface area contributed by atoms with Gasteiger partial charge in [0.25, 0.3) is 5.56 Å².